The van der Waals surface area contributed by atoms with E-state index in [1.165, 1.54) is 32.4 Å². The number of fused-ring (bicyclic) bond motifs is 1. The first kappa shape index (κ1) is 6.62. The molecule has 0 radical (unpaired) electrons. The average Bonchev–Trinajstić information content (AvgIpc) is 2.36. The van der Waals surface area contributed by atoms with Gasteiger partial charge in [0.2, 0.25) is 0 Å². The average molecular weight is 140 g/mol. The van der Waals surface area contributed by atoms with E-state index >= 15 is 0 Å². The summed E-state index contributed by atoms with van der Waals surface area (Å²) in [6.45, 7) is 4.82. The molecule has 2 rings (SSSR count). The van der Waals surface area contributed by atoms with Gasteiger partial charge in [-0.1, -0.05) is 0 Å². The lowest BCUT2D eigenvalue weighted by Gasteiger charge is -2.36. The lowest BCUT2D eigenvalue weighted by molar-refractivity contribution is 0.120. The van der Waals surface area contributed by atoms with Crippen molar-refractivity contribution in [3.63, 3.8) is 0 Å². The van der Waals surface area contributed by atoms with Crippen LogP contribution in [0.3, 0.4) is 0 Å². The van der Waals surface area contributed by atoms with Gasteiger partial charge in [0.25, 0.3) is 0 Å². The molecule has 2 unspecified atom stereocenters. The van der Waals surface area contributed by atoms with E-state index in [1.807, 2.05) is 0 Å². The van der Waals surface area contributed by atoms with Crippen molar-refractivity contribution in [1.29, 1.82) is 0 Å². The number of nitrogens with zero attached hydrogens (tertiary/aromatic N) is 1. The van der Waals surface area contributed by atoms with Gasteiger partial charge in [-0.2, -0.15) is 0 Å². The minimum absolute atomic E-state index is 0.640. The molecule has 2 heteroatoms. The SMILES string of the molecule is CC1NCCC2CCCN21. The van der Waals surface area contributed by atoms with Crippen LogP contribution >= 0.6 is 0 Å². The Morgan fingerprint density at radius 2 is 2.30 bits per heavy atom. The van der Waals surface area contributed by atoms with E-state index in [4.69, 9.17) is 0 Å². The molecule has 2 saturated heterocycles. The van der Waals surface area contributed by atoms with E-state index in [9.17, 15) is 0 Å². The van der Waals surface area contributed by atoms with E-state index in [0.29, 0.717) is 6.17 Å². The summed E-state index contributed by atoms with van der Waals surface area (Å²) in [5, 5.41) is 3.48. The van der Waals surface area contributed by atoms with E-state index in [1.54, 1.807) is 0 Å². The molecule has 0 aliphatic carbocycles. The molecule has 2 aliphatic heterocycles. The summed E-state index contributed by atoms with van der Waals surface area (Å²) in [6, 6.07) is 0.913. The first-order valence-corrected chi connectivity index (χ1v) is 4.37. The van der Waals surface area contributed by atoms with Crippen molar-refractivity contribution in [2.75, 3.05) is 13.1 Å². The summed E-state index contributed by atoms with van der Waals surface area (Å²) in [7, 11) is 0. The van der Waals surface area contributed by atoms with Crippen LogP contribution in [0.15, 0.2) is 0 Å². The molecule has 10 heavy (non-hydrogen) atoms. The van der Waals surface area contributed by atoms with Gasteiger partial charge < -0.3 is 5.32 Å². The van der Waals surface area contributed by atoms with Gasteiger partial charge >= 0.3 is 0 Å². The molecule has 0 aromatic rings. The van der Waals surface area contributed by atoms with Crippen molar-refractivity contribution in [3.05, 3.63) is 0 Å². The Morgan fingerprint density at radius 1 is 1.40 bits per heavy atom. The Kier molecular flexibility index (Phi) is 1.66. The molecule has 0 spiro atoms. The van der Waals surface area contributed by atoms with Crippen molar-refractivity contribution in [2.24, 2.45) is 0 Å². The van der Waals surface area contributed by atoms with Crippen LogP contribution < -0.4 is 5.32 Å². The largest absolute Gasteiger partial charge is 0.302 e. The van der Waals surface area contributed by atoms with E-state index in [-0.39, 0.29) is 0 Å². The minimum Gasteiger partial charge on any atom is -0.302 e. The van der Waals surface area contributed by atoms with Gasteiger partial charge in [-0.05, 0) is 39.3 Å². The van der Waals surface area contributed by atoms with Gasteiger partial charge in [0.05, 0.1) is 6.17 Å². The summed E-state index contributed by atoms with van der Waals surface area (Å²) in [6.07, 6.45) is 4.86. The van der Waals surface area contributed by atoms with Crippen LogP contribution in [-0.2, 0) is 0 Å². The topological polar surface area (TPSA) is 15.3 Å². The second-order valence-corrected chi connectivity index (χ2v) is 3.45. The van der Waals surface area contributed by atoms with Crippen molar-refractivity contribution in [3.8, 4) is 0 Å². The molecular weight excluding hydrogens is 124 g/mol. The maximum Gasteiger partial charge on any atom is 0.0570 e. The van der Waals surface area contributed by atoms with Crippen molar-refractivity contribution < 1.29 is 0 Å². The quantitative estimate of drug-likeness (QED) is 0.535. The van der Waals surface area contributed by atoms with Crippen LogP contribution in [0.2, 0.25) is 0 Å². The van der Waals surface area contributed by atoms with E-state index in [0.717, 1.165) is 6.04 Å². The molecule has 2 aliphatic rings. The third-order valence-corrected chi connectivity index (χ3v) is 2.84. The lowest BCUT2D eigenvalue weighted by atomic mass is 10.1. The third kappa shape index (κ3) is 0.956. The Balaban J connectivity index is 2.03. The maximum atomic E-state index is 3.48. The van der Waals surface area contributed by atoms with Crippen molar-refractivity contribution >= 4 is 0 Å². The van der Waals surface area contributed by atoms with E-state index in [2.05, 4.69) is 17.1 Å². The molecule has 0 aromatic heterocycles. The van der Waals surface area contributed by atoms with Crippen LogP contribution in [0.25, 0.3) is 0 Å². The van der Waals surface area contributed by atoms with E-state index < -0.39 is 0 Å². The summed E-state index contributed by atoms with van der Waals surface area (Å²) in [5.41, 5.74) is 0. The van der Waals surface area contributed by atoms with Gasteiger partial charge in [0, 0.05) is 6.04 Å². The summed E-state index contributed by atoms with van der Waals surface area (Å²) >= 11 is 0. The fourth-order valence-corrected chi connectivity index (χ4v) is 2.25. The van der Waals surface area contributed by atoms with Gasteiger partial charge in [0.15, 0.2) is 0 Å². The second kappa shape index (κ2) is 2.51. The Hall–Kier alpha value is -0.0800. The van der Waals surface area contributed by atoms with Gasteiger partial charge in [0.1, 0.15) is 0 Å². The summed E-state index contributed by atoms with van der Waals surface area (Å²) in [4.78, 5) is 2.60. The smallest absolute Gasteiger partial charge is 0.0570 e. The molecule has 2 nitrogen and oxygen atoms in total. The number of rotatable bonds is 0. The molecule has 58 valence electrons. The number of hydrogen-bond donors (Lipinski definition) is 1. The standard InChI is InChI=1S/C8H16N2/c1-7-9-5-4-8-3-2-6-10(7)8/h7-9H,2-6H2,1H3. The molecule has 1 N–H and O–H groups in total. The normalized spacial score (nSPS) is 41.7. The van der Waals surface area contributed by atoms with Crippen LogP contribution in [-0.4, -0.2) is 30.2 Å². The molecule has 0 amide bonds. The zero-order valence-corrected chi connectivity index (χ0v) is 6.64. The fraction of sp³-hybridized carbons (Fsp3) is 1.00. The highest BCUT2D eigenvalue weighted by molar-refractivity contribution is 4.86. The van der Waals surface area contributed by atoms with Crippen molar-refractivity contribution in [2.45, 2.75) is 38.4 Å². The molecule has 0 aromatic carbocycles. The predicted molar refractivity (Wildman–Crippen MR) is 41.8 cm³/mol. The van der Waals surface area contributed by atoms with Crippen LogP contribution in [0.4, 0.5) is 0 Å². The van der Waals surface area contributed by atoms with Crippen molar-refractivity contribution in [1.82, 2.24) is 10.2 Å². The molecule has 0 saturated carbocycles. The molecule has 2 atom stereocenters. The predicted octanol–water partition coefficient (Wildman–Crippen LogP) is 0.790. The highest BCUT2D eigenvalue weighted by atomic mass is 15.3. The number of nitrogens with one attached hydrogen (secondary N) is 1. The van der Waals surface area contributed by atoms with Gasteiger partial charge in [-0.15, -0.1) is 0 Å². The first-order chi connectivity index (χ1) is 4.88. The monoisotopic (exact) mass is 140 g/mol. The zero-order valence-electron chi connectivity index (χ0n) is 6.64. The van der Waals surface area contributed by atoms with Gasteiger partial charge in [-0.3, -0.25) is 4.90 Å². The Bertz CT molecular complexity index is 124. The molecular formula is C8H16N2. The molecule has 0 bridgehead atoms. The second-order valence-electron chi connectivity index (χ2n) is 3.45. The highest BCUT2D eigenvalue weighted by Crippen LogP contribution is 2.23. The van der Waals surface area contributed by atoms with Crippen LogP contribution in [0.5, 0.6) is 0 Å². The highest BCUT2D eigenvalue weighted by Gasteiger charge is 2.30. The van der Waals surface area contributed by atoms with Crippen LogP contribution in [0, 0.1) is 0 Å². The minimum atomic E-state index is 0.640. The maximum absolute atomic E-state index is 3.48. The third-order valence-electron chi connectivity index (χ3n) is 2.84. The molecule has 2 heterocycles. The Labute approximate surface area is 62.6 Å². The summed E-state index contributed by atoms with van der Waals surface area (Å²) in [5.74, 6) is 0. The Morgan fingerprint density at radius 3 is 3.10 bits per heavy atom. The lowest BCUT2D eigenvalue weighted by Crippen LogP contribution is -2.51. The molecule has 2 fully saturated rings. The van der Waals surface area contributed by atoms with Gasteiger partial charge in [-0.25, -0.2) is 0 Å². The summed E-state index contributed by atoms with van der Waals surface area (Å²) < 4.78 is 0. The zero-order chi connectivity index (χ0) is 6.97. The number of hydrogen-bond acceptors (Lipinski definition) is 2. The first-order valence-electron chi connectivity index (χ1n) is 4.37. The fourth-order valence-electron chi connectivity index (χ4n) is 2.25. The van der Waals surface area contributed by atoms with Crippen LogP contribution in [0.1, 0.15) is 26.2 Å².